The average Bonchev–Trinajstić information content (AvgIpc) is 3.55. The molecule has 292 valence electrons. The number of hydrogen-bond donors (Lipinski definition) is 7. The van der Waals surface area contributed by atoms with E-state index in [1.54, 1.807) is 0 Å². The summed E-state index contributed by atoms with van der Waals surface area (Å²) in [6.07, 6.45) is -4.99. The topological polar surface area (TPSA) is 197 Å². The fourth-order valence-electron chi connectivity index (χ4n) is 13.0. The predicted molar refractivity (Wildman–Crippen MR) is 178 cm³/mol. The second-order valence-electron chi connectivity index (χ2n) is 18.4. The van der Waals surface area contributed by atoms with E-state index in [1.165, 1.54) is 0 Å². The molecule has 8 fully saturated rings. The monoisotopic (exact) mass is 726 g/mol. The predicted octanol–water partition coefficient (Wildman–Crippen LogP) is 1.05. The van der Waals surface area contributed by atoms with Crippen LogP contribution >= 0.6 is 0 Å². The number of aliphatic hydroxyl groups is 7. The second kappa shape index (κ2) is 13.6. The fraction of sp³-hybridized carbons (Fsp3) is 1.00. The molecular weight excluding hydrogens is 664 g/mol. The van der Waals surface area contributed by atoms with Crippen LogP contribution in [-0.2, 0) is 28.4 Å². The summed E-state index contributed by atoms with van der Waals surface area (Å²) in [4.78, 5) is 0. The minimum absolute atomic E-state index is 0.00420. The minimum Gasteiger partial charge on any atom is -0.394 e. The molecule has 4 saturated carbocycles. The van der Waals surface area contributed by atoms with Crippen molar-refractivity contribution in [2.75, 3.05) is 19.8 Å². The van der Waals surface area contributed by atoms with Crippen LogP contribution in [0.2, 0.25) is 0 Å². The number of fused-ring (bicyclic) bond motifs is 7. The summed E-state index contributed by atoms with van der Waals surface area (Å²) < 4.78 is 36.8. The maximum atomic E-state index is 11.9. The summed E-state index contributed by atoms with van der Waals surface area (Å²) in [5, 5.41) is 74.5. The second-order valence-corrected chi connectivity index (χ2v) is 18.4. The molecule has 8 aliphatic rings. The molecule has 4 aliphatic carbocycles. The van der Waals surface area contributed by atoms with Crippen molar-refractivity contribution in [2.45, 2.75) is 165 Å². The van der Waals surface area contributed by atoms with Crippen LogP contribution in [0.3, 0.4) is 0 Å². The van der Waals surface area contributed by atoms with Gasteiger partial charge in [0.05, 0.1) is 38.1 Å². The molecule has 0 aromatic rings. The van der Waals surface area contributed by atoms with Gasteiger partial charge in [0.1, 0.15) is 42.7 Å². The van der Waals surface area contributed by atoms with Crippen molar-refractivity contribution in [1.82, 2.24) is 0 Å². The Bertz CT molecular complexity index is 1250. The Hall–Kier alpha value is -0.520. The Morgan fingerprint density at radius 1 is 0.706 bits per heavy atom. The highest BCUT2D eigenvalue weighted by atomic mass is 16.7. The highest BCUT2D eigenvalue weighted by molar-refractivity contribution is 5.16. The number of hydrogen-bond acceptors (Lipinski definition) is 13. The Kier molecular flexibility index (Phi) is 9.97. The van der Waals surface area contributed by atoms with E-state index in [0.717, 1.165) is 51.6 Å². The minimum atomic E-state index is -1.63. The van der Waals surface area contributed by atoms with E-state index in [-0.39, 0.29) is 35.6 Å². The van der Waals surface area contributed by atoms with E-state index < -0.39 is 73.8 Å². The van der Waals surface area contributed by atoms with Gasteiger partial charge in [-0.05, 0) is 97.7 Å². The number of ether oxygens (including phenoxy) is 6. The highest BCUT2D eigenvalue weighted by Gasteiger charge is 2.70. The molecule has 1 spiro atoms. The molecule has 4 heterocycles. The first-order chi connectivity index (χ1) is 24.2. The summed E-state index contributed by atoms with van der Waals surface area (Å²) in [7, 11) is 0. The molecular formula is C38H62O13. The summed E-state index contributed by atoms with van der Waals surface area (Å²) in [5.74, 6) is 2.35. The lowest BCUT2D eigenvalue weighted by Crippen LogP contribution is -2.64. The van der Waals surface area contributed by atoms with Crippen molar-refractivity contribution in [2.24, 2.45) is 52.3 Å². The maximum absolute atomic E-state index is 11.9. The summed E-state index contributed by atoms with van der Waals surface area (Å²) in [6, 6.07) is 0. The van der Waals surface area contributed by atoms with Gasteiger partial charge in [0.15, 0.2) is 18.4 Å². The first kappa shape index (κ1) is 37.4. The molecule has 4 aliphatic heterocycles. The maximum Gasteiger partial charge on any atom is 0.186 e. The zero-order chi connectivity index (χ0) is 36.2. The van der Waals surface area contributed by atoms with Crippen molar-refractivity contribution in [1.29, 1.82) is 0 Å². The molecule has 0 bridgehead atoms. The van der Waals surface area contributed by atoms with Crippen LogP contribution in [-0.4, -0.2) is 135 Å². The van der Waals surface area contributed by atoms with E-state index in [4.69, 9.17) is 28.4 Å². The molecule has 0 aromatic heterocycles. The van der Waals surface area contributed by atoms with E-state index >= 15 is 0 Å². The normalized spacial score (nSPS) is 59.9. The molecule has 8 rings (SSSR count). The molecule has 0 aromatic carbocycles. The van der Waals surface area contributed by atoms with E-state index in [9.17, 15) is 35.7 Å². The zero-order valence-corrected chi connectivity index (χ0v) is 30.5. The van der Waals surface area contributed by atoms with E-state index in [1.807, 2.05) is 0 Å². The van der Waals surface area contributed by atoms with Crippen LogP contribution in [0.25, 0.3) is 0 Å². The lowest BCUT2D eigenvalue weighted by atomic mass is 9.43. The Morgan fingerprint density at radius 3 is 2.20 bits per heavy atom. The SMILES string of the molecule is C[C@@H]1CC[C@@]2(OC1)O[C@H]1C[C@H]3[C@@H]4C[C@H](O)[C@H]5C[C@@H](O[C@@H]6O[C@H](CO)[C@@H](O)[C@H](O[C@@H]7OC[C@@H](O)[C@H](O)[C@H]7O)[C@H]6O)CC[C@]5(C)[C@H]4CC[C@]3(C)[C@H]1[C@@H]2C. The first-order valence-electron chi connectivity index (χ1n) is 19.8. The van der Waals surface area contributed by atoms with Gasteiger partial charge in [0.25, 0.3) is 0 Å². The van der Waals surface area contributed by atoms with Crippen molar-refractivity contribution in [3.63, 3.8) is 0 Å². The van der Waals surface area contributed by atoms with Gasteiger partial charge in [-0.15, -0.1) is 0 Å². The van der Waals surface area contributed by atoms with Crippen molar-refractivity contribution in [3.8, 4) is 0 Å². The first-order valence-corrected chi connectivity index (χ1v) is 19.8. The van der Waals surface area contributed by atoms with Gasteiger partial charge in [0, 0.05) is 12.3 Å². The number of aliphatic hydroxyl groups excluding tert-OH is 7. The third-order valence-corrected chi connectivity index (χ3v) is 15.8. The van der Waals surface area contributed by atoms with Crippen molar-refractivity contribution in [3.05, 3.63) is 0 Å². The van der Waals surface area contributed by atoms with Crippen LogP contribution in [0.1, 0.15) is 85.5 Å². The van der Waals surface area contributed by atoms with Crippen LogP contribution < -0.4 is 0 Å². The van der Waals surface area contributed by atoms with Crippen molar-refractivity contribution < 1.29 is 64.2 Å². The lowest BCUT2D eigenvalue weighted by molar-refractivity contribution is -0.356. The molecule has 4 saturated heterocycles. The summed E-state index contributed by atoms with van der Waals surface area (Å²) >= 11 is 0. The highest BCUT2D eigenvalue weighted by Crippen LogP contribution is 2.71. The average molecular weight is 727 g/mol. The van der Waals surface area contributed by atoms with Gasteiger partial charge < -0.3 is 64.2 Å². The largest absolute Gasteiger partial charge is 0.394 e. The van der Waals surface area contributed by atoms with Crippen LogP contribution in [0, 0.1) is 52.3 Å². The van der Waals surface area contributed by atoms with Gasteiger partial charge in [-0.1, -0.05) is 27.7 Å². The quantitative estimate of drug-likeness (QED) is 0.199. The lowest BCUT2D eigenvalue weighted by Gasteiger charge is -2.62. The third kappa shape index (κ3) is 5.90. The number of rotatable bonds is 5. The van der Waals surface area contributed by atoms with Gasteiger partial charge >= 0.3 is 0 Å². The smallest absolute Gasteiger partial charge is 0.186 e. The third-order valence-electron chi connectivity index (χ3n) is 15.8. The van der Waals surface area contributed by atoms with Crippen LogP contribution in [0.15, 0.2) is 0 Å². The van der Waals surface area contributed by atoms with Gasteiger partial charge in [-0.2, -0.15) is 0 Å². The molecule has 0 radical (unpaired) electrons. The van der Waals surface area contributed by atoms with Gasteiger partial charge in [0.2, 0.25) is 0 Å². The molecule has 0 unspecified atom stereocenters. The standard InChI is InChI=1S/C38H62O13/c1-17-5-10-38(47-15-17)18(2)28-26(51-38)13-22-20-12-24(40)23-11-19(6-8-36(23,3)21(20)7-9-37(22,28)4)48-35-32(45)33(30(43)27(14-39)49-35)50-34-31(44)29(42)25(41)16-46-34/h17-35,39-45H,5-16H2,1-4H3/t17-,18+,19+,20-,21+,22+,23-,24+,25-,26+,27-,28+,29+,30-,31-,32-,33+,34+,35-,36-,37+,38-/m1/s1. The molecule has 51 heavy (non-hydrogen) atoms. The van der Waals surface area contributed by atoms with E-state index in [2.05, 4.69) is 27.7 Å². The Labute approximate surface area is 300 Å². The zero-order valence-electron chi connectivity index (χ0n) is 30.5. The molecule has 0 amide bonds. The van der Waals surface area contributed by atoms with Crippen molar-refractivity contribution >= 4 is 0 Å². The Morgan fingerprint density at radius 2 is 1.47 bits per heavy atom. The molecule has 22 atom stereocenters. The van der Waals surface area contributed by atoms with E-state index in [0.29, 0.717) is 48.3 Å². The van der Waals surface area contributed by atoms with Gasteiger partial charge in [-0.25, -0.2) is 0 Å². The summed E-state index contributed by atoms with van der Waals surface area (Å²) in [5.41, 5.74) is 0.0841. The summed E-state index contributed by atoms with van der Waals surface area (Å²) in [6.45, 7) is 9.38. The van der Waals surface area contributed by atoms with Crippen LogP contribution in [0.5, 0.6) is 0 Å². The molecule has 13 heteroatoms. The van der Waals surface area contributed by atoms with Crippen LogP contribution in [0.4, 0.5) is 0 Å². The van der Waals surface area contributed by atoms with Gasteiger partial charge in [-0.3, -0.25) is 0 Å². The Balaban J connectivity index is 0.936. The fourth-order valence-corrected chi connectivity index (χ4v) is 13.0. The molecule has 13 nitrogen and oxygen atoms in total. The molecule has 7 N–H and O–H groups in total.